The molecule has 0 atom stereocenters. The van der Waals surface area contributed by atoms with Crippen molar-refractivity contribution in [1.29, 1.82) is 0 Å². The number of benzene rings is 1. The van der Waals surface area contributed by atoms with Crippen molar-refractivity contribution in [3.05, 3.63) is 42.2 Å². The van der Waals surface area contributed by atoms with Gasteiger partial charge in [0.05, 0.1) is 24.2 Å². The molecule has 1 aromatic heterocycles. The second kappa shape index (κ2) is 6.60. The maximum absolute atomic E-state index is 12.8. The molecule has 0 aliphatic heterocycles. The summed E-state index contributed by atoms with van der Waals surface area (Å²) in [5.74, 6) is 0. The summed E-state index contributed by atoms with van der Waals surface area (Å²) in [4.78, 5) is 0.165. The second-order valence-electron chi connectivity index (χ2n) is 5.29. The third kappa shape index (κ3) is 3.21. The highest BCUT2D eigenvalue weighted by molar-refractivity contribution is 7.89. The van der Waals surface area contributed by atoms with Crippen molar-refractivity contribution < 1.29 is 13.5 Å². The molecule has 120 valence electrons. The zero-order chi connectivity index (χ0) is 16.3. The summed E-state index contributed by atoms with van der Waals surface area (Å²) in [6.07, 6.45) is 1.52. The molecule has 0 saturated carbocycles. The van der Waals surface area contributed by atoms with Crippen LogP contribution < -0.4 is 0 Å². The third-order valence-corrected chi connectivity index (χ3v) is 5.54. The van der Waals surface area contributed by atoms with E-state index in [0.29, 0.717) is 5.69 Å². The molecule has 0 aliphatic carbocycles. The Bertz CT molecular complexity index is 724. The number of hydrogen-bond donors (Lipinski definition) is 1. The first-order valence-corrected chi connectivity index (χ1v) is 8.56. The van der Waals surface area contributed by atoms with E-state index in [9.17, 15) is 8.42 Å². The van der Waals surface area contributed by atoms with Gasteiger partial charge >= 0.3 is 0 Å². The number of aliphatic hydroxyl groups excluding tert-OH is 1. The zero-order valence-corrected chi connectivity index (χ0v) is 13.8. The number of sulfonamides is 1. The Balaban J connectivity index is 2.46. The van der Waals surface area contributed by atoms with Crippen molar-refractivity contribution in [2.75, 3.05) is 13.2 Å². The van der Waals surface area contributed by atoms with Crippen LogP contribution in [0.1, 0.15) is 19.5 Å². The molecular weight excluding hydrogens is 302 g/mol. The van der Waals surface area contributed by atoms with Crippen LogP contribution in [0, 0.1) is 6.92 Å². The van der Waals surface area contributed by atoms with Gasteiger partial charge in [-0.3, -0.25) is 0 Å². The fraction of sp³-hybridized carbons (Fsp3) is 0.400. The Morgan fingerprint density at radius 1 is 1.27 bits per heavy atom. The fourth-order valence-electron chi connectivity index (χ4n) is 2.29. The summed E-state index contributed by atoms with van der Waals surface area (Å²) in [5, 5.41) is 13.4. The lowest BCUT2D eigenvalue weighted by atomic mass is 10.3. The molecule has 2 rings (SSSR count). The van der Waals surface area contributed by atoms with Crippen LogP contribution >= 0.6 is 0 Å². The number of aromatic nitrogens is 2. The van der Waals surface area contributed by atoms with Gasteiger partial charge in [0.2, 0.25) is 10.0 Å². The van der Waals surface area contributed by atoms with E-state index < -0.39 is 10.0 Å². The van der Waals surface area contributed by atoms with Crippen LogP contribution in [-0.4, -0.2) is 46.8 Å². The van der Waals surface area contributed by atoms with Gasteiger partial charge in [0, 0.05) is 12.6 Å². The lowest BCUT2D eigenvalue weighted by molar-refractivity contribution is 0.236. The molecule has 1 aromatic carbocycles. The molecule has 22 heavy (non-hydrogen) atoms. The highest BCUT2D eigenvalue weighted by Gasteiger charge is 2.30. The zero-order valence-electron chi connectivity index (χ0n) is 13.0. The Labute approximate surface area is 131 Å². The largest absolute Gasteiger partial charge is 0.395 e. The van der Waals surface area contributed by atoms with Crippen molar-refractivity contribution in [3.63, 3.8) is 0 Å². The number of aliphatic hydroxyl groups is 1. The van der Waals surface area contributed by atoms with Crippen LogP contribution in [0.25, 0.3) is 5.69 Å². The minimum Gasteiger partial charge on any atom is -0.395 e. The normalized spacial score (nSPS) is 12.3. The summed E-state index contributed by atoms with van der Waals surface area (Å²) >= 11 is 0. The van der Waals surface area contributed by atoms with E-state index in [2.05, 4.69) is 5.10 Å². The predicted molar refractivity (Wildman–Crippen MR) is 84.4 cm³/mol. The van der Waals surface area contributed by atoms with Gasteiger partial charge in [-0.1, -0.05) is 18.2 Å². The molecule has 0 aliphatic rings. The summed E-state index contributed by atoms with van der Waals surface area (Å²) in [7, 11) is -3.69. The van der Waals surface area contributed by atoms with Crippen molar-refractivity contribution in [1.82, 2.24) is 14.1 Å². The molecular formula is C15H21N3O3S. The SMILES string of the molecule is Cc1nn(-c2ccccc2)cc1S(=O)(=O)N(CCO)C(C)C. The van der Waals surface area contributed by atoms with Crippen LogP contribution in [0.4, 0.5) is 0 Å². The van der Waals surface area contributed by atoms with Crippen molar-refractivity contribution in [2.45, 2.75) is 31.7 Å². The molecule has 0 fully saturated rings. The van der Waals surface area contributed by atoms with Crippen molar-refractivity contribution in [2.24, 2.45) is 0 Å². The molecule has 0 saturated heterocycles. The van der Waals surface area contributed by atoms with Gasteiger partial charge < -0.3 is 5.11 Å². The number of hydrogen-bond acceptors (Lipinski definition) is 4. The van der Waals surface area contributed by atoms with Crippen molar-refractivity contribution >= 4 is 10.0 Å². The monoisotopic (exact) mass is 323 g/mol. The van der Waals surface area contributed by atoms with E-state index in [1.807, 2.05) is 30.3 Å². The van der Waals surface area contributed by atoms with E-state index >= 15 is 0 Å². The van der Waals surface area contributed by atoms with Crippen LogP contribution in [-0.2, 0) is 10.0 Å². The summed E-state index contributed by atoms with van der Waals surface area (Å²) in [6.45, 7) is 5.08. The third-order valence-electron chi connectivity index (χ3n) is 3.36. The summed E-state index contributed by atoms with van der Waals surface area (Å²) in [6, 6.07) is 9.10. The molecule has 0 amide bonds. The topological polar surface area (TPSA) is 75.4 Å². The molecule has 1 heterocycles. The standard InChI is InChI=1S/C15H21N3O3S/c1-12(2)18(9-10-19)22(20,21)15-11-17(16-13(15)3)14-7-5-4-6-8-14/h4-8,11-12,19H,9-10H2,1-3H3. The van der Waals surface area contributed by atoms with E-state index in [-0.39, 0.29) is 24.1 Å². The Kier molecular flexibility index (Phi) is 5.00. The van der Waals surface area contributed by atoms with E-state index in [1.165, 1.54) is 10.5 Å². The fourth-order valence-corrected chi connectivity index (χ4v) is 4.07. The Morgan fingerprint density at radius 3 is 2.45 bits per heavy atom. The lowest BCUT2D eigenvalue weighted by Crippen LogP contribution is -2.39. The first-order chi connectivity index (χ1) is 10.4. The maximum atomic E-state index is 12.8. The Morgan fingerprint density at radius 2 is 1.91 bits per heavy atom. The molecule has 0 radical (unpaired) electrons. The van der Waals surface area contributed by atoms with Crippen LogP contribution in [0.2, 0.25) is 0 Å². The number of nitrogens with zero attached hydrogens (tertiary/aromatic N) is 3. The second-order valence-corrected chi connectivity index (χ2v) is 7.15. The smallest absolute Gasteiger partial charge is 0.246 e. The summed E-state index contributed by atoms with van der Waals surface area (Å²) in [5.41, 5.74) is 1.23. The number of rotatable bonds is 6. The van der Waals surface area contributed by atoms with Gasteiger partial charge in [0.1, 0.15) is 4.90 Å². The molecule has 7 heteroatoms. The molecule has 6 nitrogen and oxygen atoms in total. The van der Waals surface area contributed by atoms with Gasteiger partial charge in [-0.15, -0.1) is 0 Å². The van der Waals surface area contributed by atoms with Crippen LogP contribution in [0.3, 0.4) is 0 Å². The molecule has 0 unspecified atom stereocenters. The maximum Gasteiger partial charge on any atom is 0.246 e. The minimum atomic E-state index is -3.69. The van der Waals surface area contributed by atoms with Gasteiger partial charge in [0.15, 0.2) is 0 Å². The van der Waals surface area contributed by atoms with Gasteiger partial charge in [0.25, 0.3) is 0 Å². The molecule has 0 spiro atoms. The predicted octanol–water partition coefficient (Wildman–Crippen LogP) is 1.57. The van der Waals surface area contributed by atoms with Gasteiger partial charge in [-0.2, -0.15) is 9.40 Å². The van der Waals surface area contributed by atoms with E-state index in [4.69, 9.17) is 5.11 Å². The van der Waals surface area contributed by atoms with Crippen LogP contribution in [0.15, 0.2) is 41.4 Å². The highest BCUT2D eigenvalue weighted by Crippen LogP contribution is 2.22. The number of para-hydroxylation sites is 1. The molecule has 1 N–H and O–H groups in total. The summed E-state index contributed by atoms with van der Waals surface area (Å²) < 4.78 is 28.4. The first-order valence-electron chi connectivity index (χ1n) is 7.12. The lowest BCUT2D eigenvalue weighted by Gasteiger charge is -2.24. The Hall–Kier alpha value is -1.70. The van der Waals surface area contributed by atoms with Gasteiger partial charge in [-0.05, 0) is 32.9 Å². The molecule has 0 bridgehead atoms. The van der Waals surface area contributed by atoms with Gasteiger partial charge in [-0.25, -0.2) is 13.1 Å². The minimum absolute atomic E-state index is 0.0654. The quantitative estimate of drug-likeness (QED) is 0.875. The number of aryl methyl sites for hydroxylation is 1. The first kappa shape index (κ1) is 16.7. The molecule has 2 aromatic rings. The van der Waals surface area contributed by atoms with Crippen molar-refractivity contribution in [3.8, 4) is 5.69 Å². The van der Waals surface area contributed by atoms with E-state index in [0.717, 1.165) is 5.69 Å². The van der Waals surface area contributed by atoms with E-state index in [1.54, 1.807) is 25.5 Å². The van der Waals surface area contributed by atoms with Crippen LogP contribution in [0.5, 0.6) is 0 Å². The average molecular weight is 323 g/mol. The average Bonchev–Trinajstić information content (AvgIpc) is 2.88. The highest BCUT2D eigenvalue weighted by atomic mass is 32.2.